The first kappa shape index (κ1) is 20.2. The van der Waals surface area contributed by atoms with E-state index in [1.54, 1.807) is 11.3 Å². The molecule has 1 saturated heterocycles. The van der Waals surface area contributed by atoms with Gasteiger partial charge in [-0.15, -0.1) is 11.3 Å². The van der Waals surface area contributed by atoms with Crippen LogP contribution in [0.4, 0.5) is 0 Å². The molecule has 0 amide bonds. The normalized spacial score (nSPS) is 17.1. The Labute approximate surface area is 201 Å². The summed E-state index contributed by atoms with van der Waals surface area (Å²) in [4.78, 5) is 10.3. The van der Waals surface area contributed by atoms with Gasteiger partial charge in [-0.25, -0.2) is 4.98 Å². The molecule has 0 radical (unpaired) electrons. The molecule has 172 valence electrons. The second kappa shape index (κ2) is 7.92. The van der Waals surface area contributed by atoms with E-state index in [0.717, 1.165) is 74.9 Å². The molecule has 7 rings (SSSR count). The van der Waals surface area contributed by atoms with Crippen molar-refractivity contribution in [3.63, 3.8) is 0 Å². The molecule has 0 atom stereocenters. The topological polar surface area (TPSA) is 67.0 Å². The van der Waals surface area contributed by atoms with Gasteiger partial charge in [0.1, 0.15) is 11.4 Å². The third-order valence-corrected chi connectivity index (χ3v) is 8.05. The summed E-state index contributed by atoms with van der Waals surface area (Å²) in [6, 6.07) is 11.0. The van der Waals surface area contributed by atoms with Gasteiger partial charge in [0.15, 0.2) is 5.75 Å². The zero-order chi connectivity index (χ0) is 22.6. The van der Waals surface area contributed by atoms with E-state index >= 15 is 0 Å². The number of ether oxygens (including phenoxy) is 2. The lowest BCUT2D eigenvalue weighted by atomic mass is 9.96. The van der Waals surface area contributed by atoms with E-state index in [2.05, 4.69) is 45.1 Å². The Morgan fingerprint density at radius 2 is 1.88 bits per heavy atom. The standard InChI is InChI=1S/C26H25N5O2S/c1-30-15-28-19-12-17(2-5-21(19)30)24-13-20-26(34-24)22(6-9-27-20)33-23-14-31(18-3-4-18)29-25(23)16-7-10-32-11-8-16/h2,5-6,9,12-16,18H,3-4,7-8,10-11H2,1H3. The van der Waals surface area contributed by atoms with Crippen molar-refractivity contribution in [2.75, 3.05) is 13.2 Å². The van der Waals surface area contributed by atoms with Gasteiger partial charge < -0.3 is 14.0 Å². The summed E-state index contributed by atoms with van der Waals surface area (Å²) in [5.41, 5.74) is 5.28. The van der Waals surface area contributed by atoms with Crippen LogP contribution in [0.25, 0.3) is 31.7 Å². The molecule has 1 aliphatic heterocycles. The van der Waals surface area contributed by atoms with Crippen molar-refractivity contribution >= 4 is 32.6 Å². The molecule has 0 N–H and O–H groups in total. The molecule has 0 unspecified atom stereocenters. The number of benzene rings is 1. The van der Waals surface area contributed by atoms with Crippen molar-refractivity contribution in [1.82, 2.24) is 24.3 Å². The lowest BCUT2D eigenvalue weighted by Gasteiger charge is -2.21. The van der Waals surface area contributed by atoms with Crippen LogP contribution in [0.15, 0.2) is 49.1 Å². The Morgan fingerprint density at radius 1 is 1.00 bits per heavy atom. The Bertz CT molecular complexity index is 1510. The molecular formula is C26H25N5O2S. The summed E-state index contributed by atoms with van der Waals surface area (Å²) in [6.07, 6.45) is 10.1. The zero-order valence-corrected chi connectivity index (χ0v) is 19.8. The van der Waals surface area contributed by atoms with Crippen LogP contribution in [0.5, 0.6) is 11.5 Å². The minimum absolute atomic E-state index is 0.380. The molecule has 0 spiro atoms. The minimum Gasteiger partial charge on any atom is -0.452 e. The number of aryl methyl sites for hydroxylation is 1. The van der Waals surface area contributed by atoms with Crippen LogP contribution >= 0.6 is 11.3 Å². The maximum Gasteiger partial charge on any atom is 0.168 e. The van der Waals surface area contributed by atoms with E-state index < -0.39 is 0 Å². The summed E-state index contributed by atoms with van der Waals surface area (Å²) in [5.74, 6) is 2.09. The number of nitrogens with zero attached hydrogens (tertiary/aromatic N) is 5. The van der Waals surface area contributed by atoms with Crippen molar-refractivity contribution in [1.29, 1.82) is 0 Å². The van der Waals surface area contributed by atoms with Crippen molar-refractivity contribution in [3.05, 3.63) is 54.7 Å². The number of rotatable bonds is 5. The van der Waals surface area contributed by atoms with Gasteiger partial charge in [0.05, 0.1) is 39.8 Å². The Hall–Kier alpha value is -3.23. The number of hydrogen-bond donors (Lipinski definition) is 0. The van der Waals surface area contributed by atoms with E-state index in [1.807, 2.05) is 30.2 Å². The smallest absolute Gasteiger partial charge is 0.168 e. The van der Waals surface area contributed by atoms with Gasteiger partial charge in [-0.05, 0) is 49.4 Å². The lowest BCUT2D eigenvalue weighted by Crippen LogP contribution is -2.15. The predicted molar refractivity (Wildman–Crippen MR) is 133 cm³/mol. The van der Waals surface area contributed by atoms with E-state index in [-0.39, 0.29) is 0 Å². The van der Waals surface area contributed by atoms with E-state index in [4.69, 9.17) is 14.6 Å². The molecule has 5 aromatic rings. The van der Waals surface area contributed by atoms with Gasteiger partial charge in [-0.3, -0.25) is 9.67 Å². The molecule has 4 aromatic heterocycles. The number of fused-ring (bicyclic) bond motifs is 2. The van der Waals surface area contributed by atoms with E-state index in [9.17, 15) is 0 Å². The maximum absolute atomic E-state index is 6.59. The fourth-order valence-electron chi connectivity index (χ4n) is 4.79. The largest absolute Gasteiger partial charge is 0.452 e. The average molecular weight is 472 g/mol. The summed E-state index contributed by atoms with van der Waals surface area (Å²) in [6.45, 7) is 1.57. The van der Waals surface area contributed by atoms with E-state index in [0.29, 0.717) is 12.0 Å². The van der Waals surface area contributed by atoms with Gasteiger partial charge in [-0.1, -0.05) is 6.07 Å². The van der Waals surface area contributed by atoms with Crippen LogP contribution in [0, 0.1) is 0 Å². The summed E-state index contributed by atoms with van der Waals surface area (Å²) in [5, 5.41) is 4.97. The Kier molecular flexibility index (Phi) is 4.70. The summed E-state index contributed by atoms with van der Waals surface area (Å²) >= 11 is 1.71. The fourth-order valence-corrected chi connectivity index (χ4v) is 5.85. The molecule has 7 nitrogen and oxygen atoms in total. The van der Waals surface area contributed by atoms with E-state index in [1.165, 1.54) is 12.8 Å². The first-order valence-corrected chi connectivity index (χ1v) is 12.7. The highest BCUT2D eigenvalue weighted by Crippen LogP contribution is 2.43. The molecule has 34 heavy (non-hydrogen) atoms. The van der Waals surface area contributed by atoms with Gasteiger partial charge >= 0.3 is 0 Å². The van der Waals surface area contributed by atoms with Gasteiger partial charge in [0.25, 0.3) is 0 Å². The number of thiophene rings is 1. The highest BCUT2D eigenvalue weighted by atomic mass is 32.1. The maximum atomic E-state index is 6.59. The minimum atomic E-state index is 0.380. The summed E-state index contributed by atoms with van der Waals surface area (Å²) in [7, 11) is 2.02. The van der Waals surface area contributed by atoms with Crippen LogP contribution in [0.1, 0.15) is 43.3 Å². The lowest BCUT2D eigenvalue weighted by molar-refractivity contribution is 0.0839. The highest BCUT2D eigenvalue weighted by Gasteiger charge is 2.30. The van der Waals surface area contributed by atoms with Crippen molar-refractivity contribution in [2.45, 2.75) is 37.6 Å². The number of pyridine rings is 1. The quantitative estimate of drug-likeness (QED) is 0.311. The zero-order valence-electron chi connectivity index (χ0n) is 19.0. The third-order valence-electron chi connectivity index (χ3n) is 6.86. The van der Waals surface area contributed by atoms with Gasteiger partial charge in [0, 0.05) is 43.3 Å². The monoisotopic (exact) mass is 471 g/mol. The van der Waals surface area contributed by atoms with Crippen LogP contribution < -0.4 is 4.74 Å². The molecule has 0 bridgehead atoms. The molecule has 2 fully saturated rings. The fraction of sp³-hybridized carbons (Fsp3) is 0.346. The third kappa shape index (κ3) is 3.49. The number of imidazole rings is 1. The molecule has 8 heteroatoms. The molecule has 1 aliphatic carbocycles. The second-order valence-corrected chi connectivity index (χ2v) is 10.3. The van der Waals surface area contributed by atoms with Crippen molar-refractivity contribution in [3.8, 4) is 21.9 Å². The van der Waals surface area contributed by atoms with Gasteiger partial charge in [0.2, 0.25) is 0 Å². The highest BCUT2D eigenvalue weighted by molar-refractivity contribution is 7.22. The Morgan fingerprint density at radius 3 is 2.74 bits per heavy atom. The second-order valence-electron chi connectivity index (χ2n) is 9.27. The van der Waals surface area contributed by atoms with Crippen molar-refractivity contribution < 1.29 is 9.47 Å². The Balaban J connectivity index is 1.26. The van der Waals surface area contributed by atoms with Crippen LogP contribution in [-0.2, 0) is 11.8 Å². The number of hydrogen-bond acceptors (Lipinski definition) is 6. The predicted octanol–water partition coefficient (Wildman–Crippen LogP) is 6.07. The van der Waals surface area contributed by atoms with Crippen LogP contribution in [-0.4, -0.2) is 37.5 Å². The van der Waals surface area contributed by atoms with Gasteiger partial charge in [-0.2, -0.15) is 5.10 Å². The molecule has 5 heterocycles. The molecule has 1 aromatic carbocycles. The molecule has 2 aliphatic rings. The molecule has 1 saturated carbocycles. The number of aromatic nitrogens is 5. The SMILES string of the molecule is Cn1cnc2cc(-c3cc4nccc(Oc5cn(C6CC6)nc5C5CCOCC5)c4s3)ccc21. The first-order valence-electron chi connectivity index (χ1n) is 11.9. The molecular weight excluding hydrogens is 446 g/mol. The average Bonchev–Trinajstić information content (AvgIpc) is 3.31. The van der Waals surface area contributed by atoms with Crippen molar-refractivity contribution in [2.24, 2.45) is 7.05 Å². The first-order chi connectivity index (χ1) is 16.7. The summed E-state index contributed by atoms with van der Waals surface area (Å²) < 4.78 is 17.4. The van der Waals surface area contributed by atoms with Crippen LogP contribution in [0.2, 0.25) is 0 Å². The van der Waals surface area contributed by atoms with Crippen LogP contribution in [0.3, 0.4) is 0 Å².